The zero-order chi connectivity index (χ0) is 16.8. The van der Waals surface area contributed by atoms with Crippen molar-refractivity contribution in [2.45, 2.75) is 46.1 Å². The number of nitrogen functional groups attached to an aromatic ring is 1. The summed E-state index contributed by atoms with van der Waals surface area (Å²) >= 11 is 1.91. The first-order valence-electron chi connectivity index (χ1n) is 8.19. The zero-order valence-corrected chi connectivity index (χ0v) is 15.5. The van der Waals surface area contributed by atoms with Gasteiger partial charge in [-0.05, 0) is 44.3 Å². The Morgan fingerprint density at radius 3 is 2.65 bits per heavy atom. The number of hydrogen-bond donors (Lipinski definition) is 1. The molecule has 0 bridgehead atoms. The summed E-state index contributed by atoms with van der Waals surface area (Å²) in [6, 6.07) is 0. The molecule has 2 aromatic rings. The number of thioether (sulfide) groups is 1. The van der Waals surface area contributed by atoms with Gasteiger partial charge in [0.05, 0.1) is 12.1 Å². The number of imidazole rings is 1. The Morgan fingerprint density at radius 1 is 1.17 bits per heavy atom. The third-order valence-corrected chi connectivity index (χ3v) is 4.93. The second-order valence-corrected chi connectivity index (χ2v) is 6.87. The smallest absolute Gasteiger partial charge is 0.151 e. The minimum Gasteiger partial charge on any atom is -0.384 e. The van der Waals surface area contributed by atoms with Gasteiger partial charge in [0.15, 0.2) is 5.82 Å². The van der Waals surface area contributed by atoms with Gasteiger partial charge in [-0.25, -0.2) is 9.97 Å². The van der Waals surface area contributed by atoms with Gasteiger partial charge in [-0.15, -0.1) is 0 Å². The van der Waals surface area contributed by atoms with Gasteiger partial charge in [-0.2, -0.15) is 11.8 Å². The number of aromatic nitrogens is 3. The van der Waals surface area contributed by atoms with Gasteiger partial charge in [0, 0.05) is 25.8 Å². The maximum atomic E-state index is 6.11. The molecule has 0 aliphatic heterocycles. The van der Waals surface area contributed by atoms with E-state index < -0.39 is 0 Å². The lowest BCUT2D eigenvalue weighted by molar-refractivity contribution is 0.199. The van der Waals surface area contributed by atoms with Crippen LogP contribution in [-0.2, 0) is 17.7 Å². The Labute approximate surface area is 143 Å². The molecule has 0 aromatic carbocycles. The van der Waals surface area contributed by atoms with Gasteiger partial charge >= 0.3 is 0 Å². The first kappa shape index (κ1) is 18.1. The van der Waals surface area contributed by atoms with E-state index in [2.05, 4.69) is 22.7 Å². The summed E-state index contributed by atoms with van der Waals surface area (Å²) < 4.78 is 7.56. The van der Waals surface area contributed by atoms with Crippen molar-refractivity contribution >= 4 is 28.6 Å². The number of rotatable bonds is 9. The van der Waals surface area contributed by atoms with Crippen molar-refractivity contribution in [2.24, 2.45) is 0 Å². The van der Waals surface area contributed by atoms with Crippen molar-refractivity contribution in [3.8, 4) is 0 Å². The van der Waals surface area contributed by atoms with Crippen molar-refractivity contribution < 1.29 is 4.74 Å². The largest absolute Gasteiger partial charge is 0.384 e. The standard InChI is InChI=1S/C17H28N4OS/c1-12-13(2)19-17(18)15-16(12)21(9-6-5-7-11-23-4)14(20-15)8-10-22-3/h5-11H2,1-4H3,(H2,18,19). The Bertz CT molecular complexity index is 654. The van der Waals surface area contributed by atoms with Crippen molar-refractivity contribution in [3.05, 3.63) is 17.1 Å². The topological polar surface area (TPSA) is 66.0 Å². The molecule has 2 heterocycles. The molecular weight excluding hydrogens is 308 g/mol. The summed E-state index contributed by atoms with van der Waals surface area (Å²) in [7, 11) is 1.72. The van der Waals surface area contributed by atoms with Crippen LogP contribution in [0.15, 0.2) is 0 Å². The van der Waals surface area contributed by atoms with E-state index in [9.17, 15) is 0 Å². The van der Waals surface area contributed by atoms with Crippen LogP contribution in [0.2, 0.25) is 0 Å². The molecule has 0 fully saturated rings. The number of aryl methyl sites for hydroxylation is 3. The second kappa shape index (κ2) is 8.55. The molecule has 128 valence electrons. The Hall–Kier alpha value is -1.27. The first-order valence-corrected chi connectivity index (χ1v) is 9.59. The van der Waals surface area contributed by atoms with Crippen LogP contribution in [0.4, 0.5) is 5.82 Å². The molecule has 0 saturated carbocycles. The summed E-state index contributed by atoms with van der Waals surface area (Å²) in [5.41, 5.74) is 10.2. The average Bonchev–Trinajstić information content (AvgIpc) is 2.90. The van der Waals surface area contributed by atoms with E-state index >= 15 is 0 Å². The molecule has 2 N–H and O–H groups in total. The van der Waals surface area contributed by atoms with Crippen LogP contribution in [0.5, 0.6) is 0 Å². The van der Waals surface area contributed by atoms with E-state index in [1.165, 1.54) is 24.2 Å². The van der Waals surface area contributed by atoms with E-state index in [1.807, 2.05) is 18.7 Å². The fraction of sp³-hybridized carbons (Fsp3) is 0.647. The number of nitrogens with zero attached hydrogens (tertiary/aromatic N) is 3. The molecule has 6 heteroatoms. The fourth-order valence-corrected chi connectivity index (χ4v) is 3.36. The Kier molecular flexibility index (Phi) is 6.72. The molecule has 2 rings (SSSR count). The van der Waals surface area contributed by atoms with E-state index in [0.29, 0.717) is 12.4 Å². The third kappa shape index (κ3) is 4.18. The molecule has 0 atom stereocenters. The van der Waals surface area contributed by atoms with E-state index in [4.69, 9.17) is 15.5 Å². The number of unbranched alkanes of at least 4 members (excludes halogenated alkanes) is 2. The van der Waals surface area contributed by atoms with Crippen LogP contribution in [0.1, 0.15) is 36.3 Å². The third-order valence-electron chi connectivity index (χ3n) is 4.24. The maximum absolute atomic E-state index is 6.11. The highest BCUT2D eigenvalue weighted by Crippen LogP contribution is 2.26. The molecule has 0 spiro atoms. The average molecular weight is 337 g/mol. The molecule has 2 aromatic heterocycles. The Balaban J connectivity index is 2.33. The molecule has 0 radical (unpaired) electrons. The van der Waals surface area contributed by atoms with E-state index in [-0.39, 0.29) is 0 Å². The van der Waals surface area contributed by atoms with Crippen molar-refractivity contribution in [3.63, 3.8) is 0 Å². The summed E-state index contributed by atoms with van der Waals surface area (Å²) in [5, 5.41) is 0. The lowest BCUT2D eigenvalue weighted by Gasteiger charge is -2.11. The van der Waals surface area contributed by atoms with Crippen LogP contribution in [0.25, 0.3) is 11.0 Å². The van der Waals surface area contributed by atoms with E-state index in [1.54, 1.807) is 7.11 Å². The SMILES string of the molecule is COCCc1nc2c(N)nc(C)c(C)c2n1CCCCCSC. The van der Waals surface area contributed by atoms with Gasteiger partial charge in [0.25, 0.3) is 0 Å². The molecule has 5 nitrogen and oxygen atoms in total. The van der Waals surface area contributed by atoms with E-state index in [0.717, 1.165) is 41.9 Å². The predicted molar refractivity (Wildman–Crippen MR) is 99.2 cm³/mol. The summed E-state index contributed by atoms with van der Waals surface area (Å²) in [6.45, 7) is 5.76. The van der Waals surface area contributed by atoms with Crippen LogP contribution in [0, 0.1) is 13.8 Å². The number of fused-ring (bicyclic) bond motifs is 1. The van der Waals surface area contributed by atoms with Gasteiger partial charge in [0.1, 0.15) is 11.3 Å². The minimum absolute atomic E-state index is 0.530. The number of anilines is 1. The first-order chi connectivity index (χ1) is 11.1. The second-order valence-electron chi connectivity index (χ2n) is 5.88. The highest BCUT2D eigenvalue weighted by Gasteiger charge is 2.17. The molecule has 0 saturated heterocycles. The molecule has 23 heavy (non-hydrogen) atoms. The van der Waals surface area contributed by atoms with Crippen molar-refractivity contribution in [1.29, 1.82) is 0 Å². The number of nitrogens with two attached hydrogens (primary N) is 1. The number of pyridine rings is 1. The molecule has 0 aliphatic carbocycles. The normalized spacial score (nSPS) is 11.5. The van der Waals surface area contributed by atoms with Crippen molar-refractivity contribution in [1.82, 2.24) is 14.5 Å². The highest BCUT2D eigenvalue weighted by atomic mass is 32.2. The monoisotopic (exact) mass is 336 g/mol. The Morgan fingerprint density at radius 2 is 1.96 bits per heavy atom. The number of hydrogen-bond acceptors (Lipinski definition) is 5. The van der Waals surface area contributed by atoms with Crippen LogP contribution in [-0.4, -0.2) is 40.3 Å². The van der Waals surface area contributed by atoms with Crippen molar-refractivity contribution in [2.75, 3.05) is 31.5 Å². The lowest BCUT2D eigenvalue weighted by atomic mass is 10.2. The van der Waals surface area contributed by atoms with Gasteiger partial charge in [0.2, 0.25) is 0 Å². The highest BCUT2D eigenvalue weighted by molar-refractivity contribution is 7.98. The van der Waals surface area contributed by atoms with Gasteiger partial charge < -0.3 is 15.0 Å². The minimum atomic E-state index is 0.530. The van der Waals surface area contributed by atoms with Crippen LogP contribution >= 0.6 is 11.8 Å². The predicted octanol–water partition coefficient (Wildman–Crippen LogP) is 3.35. The fourth-order valence-electron chi connectivity index (χ4n) is 2.86. The van der Waals surface area contributed by atoms with Crippen LogP contribution < -0.4 is 5.73 Å². The zero-order valence-electron chi connectivity index (χ0n) is 14.7. The quantitative estimate of drug-likeness (QED) is 0.711. The van der Waals surface area contributed by atoms with Gasteiger partial charge in [-0.3, -0.25) is 0 Å². The summed E-state index contributed by atoms with van der Waals surface area (Å²) in [5.74, 6) is 2.81. The molecule has 0 amide bonds. The molecular formula is C17H28N4OS. The van der Waals surface area contributed by atoms with Gasteiger partial charge in [-0.1, -0.05) is 6.42 Å². The lowest BCUT2D eigenvalue weighted by Crippen LogP contribution is -2.08. The molecule has 0 aliphatic rings. The summed E-state index contributed by atoms with van der Waals surface area (Å²) in [6.07, 6.45) is 6.63. The van der Waals surface area contributed by atoms with Crippen LogP contribution in [0.3, 0.4) is 0 Å². The number of ether oxygens (including phenoxy) is 1. The molecule has 0 unspecified atom stereocenters. The maximum Gasteiger partial charge on any atom is 0.151 e. The number of methoxy groups -OCH3 is 1. The summed E-state index contributed by atoms with van der Waals surface area (Å²) in [4.78, 5) is 9.18.